The van der Waals surface area contributed by atoms with Crippen molar-refractivity contribution >= 4 is 17.6 Å². The Bertz CT molecular complexity index is 1050. The minimum atomic E-state index is -0.998. The number of carboxylic acid groups (broad SMARTS) is 1. The highest BCUT2D eigenvalue weighted by molar-refractivity contribution is 6.29. The van der Waals surface area contributed by atoms with Gasteiger partial charge in [0.2, 0.25) is 0 Å². The minimum absolute atomic E-state index is 0.162. The van der Waals surface area contributed by atoms with Gasteiger partial charge < -0.3 is 20.3 Å². The summed E-state index contributed by atoms with van der Waals surface area (Å²) in [7, 11) is 0. The van der Waals surface area contributed by atoms with Crippen LogP contribution in [-0.2, 0) is 6.42 Å². The van der Waals surface area contributed by atoms with Crippen LogP contribution in [0.2, 0.25) is 5.15 Å². The number of halogens is 1. The van der Waals surface area contributed by atoms with E-state index >= 15 is 0 Å². The van der Waals surface area contributed by atoms with Crippen molar-refractivity contribution in [3.05, 3.63) is 82.6 Å². The molecular formula is C26H29ClN2O4. The van der Waals surface area contributed by atoms with Gasteiger partial charge in [0.15, 0.2) is 0 Å². The lowest BCUT2D eigenvalue weighted by Crippen LogP contribution is -2.32. The van der Waals surface area contributed by atoms with Crippen molar-refractivity contribution in [2.45, 2.75) is 38.8 Å². The molecule has 0 unspecified atom stereocenters. The van der Waals surface area contributed by atoms with Crippen LogP contribution in [0.15, 0.2) is 60.8 Å². The first-order valence-electron chi connectivity index (χ1n) is 11.0. The monoisotopic (exact) mass is 468 g/mol. The smallest absolute Gasteiger partial charge is 0.339 e. The third-order valence-electron chi connectivity index (χ3n) is 5.30. The Labute approximate surface area is 199 Å². The number of nitrogens with one attached hydrogen (secondary N) is 1. The second kappa shape index (κ2) is 11.8. The van der Waals surface area contributed by atoms with Crippen LogP contribution in [0.3, 0.4) is 0 Å². The molecule has 174 valence electrons. The zero-order chi connectivity index (χ0) is 23.8. The third-order valence-corrected chi connectivity index (χ3v) is 5.52. The van der Waals surface area contributed by atoms with E-state index in [9.17, 15) is 15.0 Å². The van der Waals surface area contributed by atoms with Gasteiger partial charge in [-0.1, -0.05) is 54.9 Å². The van der Waals surface area contributed by atoms with Crippen molar-refractivity contribution in [3.63, 3.8) is 0 Å². The quantitative estimate of drug-likeness (QED) is 0.337. The average Bonchev–Trinajstić information content (AvgIpc) is 2.82. The fraction of sp³-hybridized carbons (Fsp3) is 0.308. The van der Waals surface area contributed by atoms with Crippen molar-refractivity contribution < 1.29 is 19.7 Å². The van der Waals surface area contributed by atoms with Gasteiger partial charge in [-0.05, 0) is 54.7 Å². The molecule has 7 heteroatoms. The van der Waals surface area contributed by atoms with Crippen LogP contribution in [0.5, 0.6) is 5.75 Å². The van der Waals surface area contributed by atoms with Gasteiger partial charge in [-0.15, -0.1) is 0 Å². The molecule has 0 bridgehead atoms. The molecule has 0 radical (unpaired) electrons. The summed E-state index contributed by atoms with van der Waals surface area (Å²) < 4.78 is 5.65. The normalized spacial score (nSPS) is 12.8. The van der Waals surface area contributed by atoms with Crippen LogP contribution in [-0.4, -0.2) is 40.4 Å². The Balaban J connectivity index is 1.60. The van der Waals surface area contributed by atoms with Crippen LogP contribution >= 0.6 is 11.6 Å². The van der Waals surface area contributed by atoms with E-state index in [1.165, 1.54) is 0 Å². The highest BCUT2D eigenvalue weighted by Gasteiger charge is 2.14. The van der Waals surface area contributed by atoms with Crippen LogP contribution in [0, 0.1) is 0 Å². The molecule has 0 aliphatic carbocycles. The predicted octanol–water partition coefficient (Wildman–Crippen LogP) is 5.14. The topological polar surface area (TPSA) is 91.7 Å². The van der Waals surface area contributed by atoms with Crippen molar-refractivity contribution in [2.24, 2.45) is 0 Å². The second-order valence-corrected chi connectivity index (χ2v) is 8.39. The molecule has 0 amide bonds. The number of rotatable bonds is 11. The first kappa shape index (κ1) is 24.7. The largest absolute Gasteiger partial charge is 0.493 e. The zero-order valence-corrected chi connectivity index (χ0v) is 19.5. The highest BCUT2D eigenvalue weighted by Crippen LogP contribution is 2.28. The number of aliphatic hydroxyl groups excluding tert-OH is 1. The van der Waals surface area contributed by atoms with E-state index in [1.54, 1.807) is 36.5 Å². The Morgan fingerprint density at radius 2 is 1.85 bits per heavy atom. The van der Waals surface area contributed by atoms with Gasteiger partial charge >= 0.3 is 5.97 Å². The lowest BCUT2D eigenvalue weighted by Gasteiger charge is -2.17. The fourth-order valence-electron chi connectivity index (χ4n) is 3.48. The minimum Gasteiger partial charge on any atom is -0.493 e. The van der Waals surface area contributed by atoms with Crippen LogP contribution < -0.4 is 10.1 Å². The summed E-state index contributed by atoms with van der Waals surface area (Å²) in [6.45, 7) is 4.94. The standard InChI is InChI=1S/C26H29ClN2O4/c1-3-12-33-24-14-20(8-10-22(24)26(31)32)19-6-4-18(5-7-19)13-17(2)28-16-23(30)21-9-11-25(27)29-15-21/h4-11,14-15,17,23,28,30H,3,12-13,16H2,1-2H3,(H,31,32)/t17-,23-/m1/s1. The van der Waals surface area contributed by atoms with Gasteiger partial charge in [0.25, 0.3) is 0 Å². The zero-order valence-electron chi connectivity index (χ0n) is 18.8. The van der Waals surface area contributed by atoms with E-state index < -0.39 is 12.1 Å². The number of aromatic carboxylic acids is 1. The molecule has 0 saturated carbocycles. The molecule has 3 N–H and O–H groups in total. The van der Waals surface area contributed by atoms with Gasteiger partial charge in [0.1, 0.15) is 16.5 Å². The third kappa shape index (κ3) is 7.02. The van der Waals surface area contributed by atoms with Crippen LogP contribution in [0.4, 0.5) is 0 Å². The molecule has 3 aromatic rings. The van der Waals surface area contributed by atoms with E-state index in [4.69, 9.17) is 16.3 Å². The molecule has 6 nitrogen and oxygen atoms in total. The summed E-state index contributed by atoms with van der Waals surface area (Å²) >= 11 is 5.79. The Kier molecular flexibility index (Phi) is 8.83. The summed E-state index contributed by atoms with van der Waals surface area (Å²) in [6, 6.07) is 16.9. The number of carboxylic acids is 1. The number of carbonyl (C=O) groups is 1. The summed E-state index contributed by atoms with van der Waals surface area (Å²) in [5, 5.41) is 23.5. The molecule has 0 spiro atoms. The van der Waals surface area contributed by atoms with E-state index in [2.05, 4.69) is 29.4 Å². The molecule has 33 heavy (non-hydrogen) atoms. The van der Waals surface area contributed by atoms with Gasteiger partial charge in [-0.25, -0.2) is 9.78 Å². The first-order valence-corrected chi connectivity index (χ1v) is 11.4. The van der Waals surface area contributed by atoms with E-state index in [0.717, 1.165) is 35.1 Å². The van der Waals surface area contributed by atoms with Crippen LogP contribution in [0.25, 0.3) is 11.1 Å². The van der Waals surface area contributed by atoms with Gasteiger partial charge in [0.05, 0.1) is 12.7 Å². The maximum atomic E-state index is 11.5. The Morgan fingerprint density at radius 1 is 1.12 bits per heavy atom. The lowest BCUT2D eigenvalue weighted by molar-refractivity contribution is 0.0692. The molecule has 0 aliphatic rings. The number of ether oxygens (including phenoxy) is 1. The average molecular weight is 469 g/mol. The van der Waals surface area contributed by atoms with Gasteiger partial charge in [0, 0.05) is 24.3 Å². The first-order chi connectivity index (χ1) is 15.9. The lowest BCUT2D eigenvalue weighted by atomic mass is 9.99. The van der Waals surface area contributed by atoms with E-state index in [0.29, 0.717) is 24.1 Å². The molecule has 3 rings (SSSR count). The predicted molar refractivity (Wildman–Crippen MR) is 130 cm³/mol. The molecule has 0 fully saturated rings. The van der Waals surface area contributed by atoms with Crippen molar-refractivity contribution in [3.8, 4) is 16.9 Å². The maximum absolute atomic E-state index is 11.5. The summed E-state index contributed by atoms with van der Waals surface area (Å²) in [6.07, 6.45) is 2.53. The summed E-state index contributed by atoms with van der Waals surface area (Å²) in [4.78, 5) is 15.5. The number of pyridine rings is 1. The SMILES string of the molecule is CCCOc1cc(-c2ccc(C[C@@H](C)NC[C@@H](O)c3ccc(Cl)nc3)cc2)ccc1C(=O)O. The molecule has 2 aromatic carbocycles. The fourth-order valence-corrected chi connectivity index (χ4v) is 3.60. The molecule has 2 atom stereocenters. The molecule has 0 saturated heterocycles. The number of hydrogen-bond acceptors (Lipinski definition) is 5. The number of nitrogens with zero attached hydrogens (tertiary/aromatic N) is 1. The molecule has 1 heterocycles. The number of aromatic nitrogens is 1. The van der Waals surface area contributed by atoms with Crippen LogP contribution in [0.1, 0.15) is 47.9 Å². The summed E-state index contributed by atoms with van der Waals surface area (Å²) in [5.74, 6) is -0.611. The number of aliphatic hydroxyl groups is 1. The Morgan fingerprint density at radius 3 is 2.48 bits per heavy atom. The number of benzene rings is 2. The van der Waals surface area contributed by atoms with Gasteiger partial charge in [-0.3, -0.25) is 0 Å². The van der Waals surface area contributed by atoms with E-state index in [-0.39, 0.29) is 11.6 Å². The van der Waals surface area contributed by atoms with E-state index in [1.807, 2.05) is 19.1 Å². The van der Waals surface area contributed by atoms with Crippen molar-refractivity contribution in [2.75, 3.05) is 13.2 Å². The van der Waals surface area contributed by atoms with Crippen molar-refractivity contribution in [1.82, 2.24) is 10.3 Å². The van der Waals surface area contributed by atoms with Gasteiger partial charge in [-0.2, -0.15) is 0 Å². The second-order valence-electron chi connectivity index (χ2n) is 8.00. The maximum Gasteiger partial charge on any atom is 0.339 e. The Hall–Kier alpha value is -2.93. The molecule has 1 aromatic heterocycles. The molecular weight excluding hydrogens is 440 g/mol. The van der Waals surface area contributed by atoms with Crippen molar-refractivity contribution in [1.29, 1.82) is 0 Å². The number of hydrogen-bond donors (Lipinski definition) is 3. The summed E-state index contributed by atoms with van der Waals surface area (Å²) in [5.41, 5.74) is 3.94. The highest BCUT2D eigenvalue weighted by atomic mass is 35.5. The molecule has 0 aliphatic heterocycles.